The molecule has 0 saturated carbocycles. The quantitative estimate of drug-likeness (QED) is 0.543. The molecule has 1 amide bonds. The first-order chi connectivity index (χ1) is 15.4. The molecule has 176 valence electrons. The number of hydrogen-bond acceptors (Lipinski definition) is 5. The van der Waals surface area contributed by atoms with Crippen molar-refractivity contribution in [3.8, 4) is 17.0 Å². The highest BCUT2D eigenvalue weighted by Crippen LogP contribution is 2.33. The van der Waals surface area contributed by atoms with Gasteiger partial charge in [0.2, 0.25) is 0 Å². The molecule has 1 aliphatic rings. The fraction of sp³-hybridized carbons (Fsp3) is 0.350. The van der Waals surface area contributed by atoms with E-state index in [4.69, 9.17) is 0 Å². The Morgan fingerprint density at radius 3 is 2.21 bits per heavy atom. The van der Waals surface area contributed by atoms with E-state index in [0.717, 1.165) is 36.5 Å². The van der Waals surface area contributed by atoms with E-state index in [2.05, 4.69) is 14.8 Å². The summed E-state index contributed by atoms with van der Waals surface area (Å²) in [5.74, 6) is -1.02. The highest BCUT2D eigenvalue weighted by atomic mass is 19.4. The number of benzene rings is 1. The molecule has 0 N–H and O–H groups in total. The number of amides is 1. The van der Waals surface area contributed by atoms with Crippen molar-refractivity contribution in [2.24, 2.45) is 0 Å². The summed E-state index contributed by atoms with van der Waals surface area (Å²) < 4.78 is 82.7. The second kappa shape index (κ2) is 8.21. The number of ether oxygens (including phenoxy) is 1. The first kappa shape index (κ1) is 22.8. The highest BCUT2D eigenvalue weighted by molar-refractivity contribution is 6.00. The Hall–Kier alpha value is -3.35. The molecule has 0 aliphatic carbocycles. The summed E-state index contributed by atoms with van der Waals surface area (Å²) in [6.45, 7) is 2.03. The minimum absolute atomic E-state index is 0.0936. The van der Waals surface area contributed by atoms with Crippen molar-refractivity contribution in [1.82, 2.24) is 24.4 Å². The largest absolute Gasteiger partial charge is 0.573 e. The van der Waals surface area contributed by atoms with E-state index in [9.17, 15) is 31.1 Å². The van der Waals surface area contributed by atoms with Gasteiger partial charge in [-0.25, -0.2) is 9.50 Å². The van der Waals surface area contributed by atoms with E-state index < -0.39 is 29.9 Å². The van der Waals surface area contributed by atoms with Crippen LogP contribution in [0.4, 0.5) is 26.3 Å². The lowest BCUT2D eigenvalue weighted by atomic mass is 10.1. The van der Waals surface area contributed by atoms with Crippen LogP contribution in [0.25, 0.3) is 16.9 Å². The maximum atomic E-state index is 13.7. The van der Waals surface area contributed by atoms with Gasteiger partial charge in [0, 0.05) is 31.7 Å². The third-order valence-corrected chi connectivity index (χ3v) is 5.17. The fourth-order valence-corrected chi connectivity index (χ4v) is 3.47. The monoisotopic (exact) mass is 473 g/mol. The summed E-state index contributed by atoms with van der Waals surface area (Å²) in [7, 11) is 1.89. The topological polar surface area (TPSA) is 63.0 Å². The van der Waals surface area contributed by atoms with E-state index in [1.54, 1.807) is 0 Å². The summed E-state index contributed by atoms with van der Waals surface area (Å²) in [4.78, 5) is 20.7. The Morgan fingerprint density at radius 1 is 1.00 bits per heavy atom. The molecule has 33 heavy (non-hydrogen) atoms. The average Bonchev–Trinajstić information content (AvgIpc) is 3.15. The summed E-state index contributed by atoms with van der Waals surface area (Å²) in [6, 6.07) is 4.96. The molecular formula is C20H17F6N5O2. The standard InChI is InChI=1S/C20H17F6N5O2/c1-29-6-8-30(9-7-29)18(32)14-11-27-31-16(19(21,22)23)10-15(28-17(14)31)12-2-4-13(5-3-12)33-20(24,25)26/h2-5,10-11H,6-9H2,1H3. The van der Waals surface area contributed by atoms with Gasteiger partial charge in [0.15, 0.2) is 11.3 Å². The minimum Gasteiger partial charge on any atom is -0.406 e. The van der Waals surface area contributed by atoms with Crippen LogP contribution in [0.15, 0.2) is 36.5 Å². The second-order valence-corrected chi connectivity index (χ2v) is 7.49. The van der Waals surface area contributed by atoms with Crippen LogP contribution in [0, 0.1) is 0 Å². The van der Waals surface area contributed by atoms with Crippen LogP contribution in [-0.4, -0.2) is 69.9 Å². The Kier molecular flexibility index (Phi) is 5.68. The maximum Gasteiger partial charge on any atom is 0.573 e. The molecule has 1 fully saturated rings. The lowest BCUT2D eigenvalue weighted by Gasteiger charge is -2.32. The van der Waals surface area contributed by atoms with E-state index in [0.29, 0.717) is 30.7 Å². The summed E-state index contributed by atoms with van der Waals surface area (Å²) in [6.07, 6.45) is -8.68. The molecule has 4 rings (SSSR count). The molecule has 0 atom stereocenters. The molecule has 7 nitrogen and oxygen atoms in total. The molecule has 1 saturated heterocycles. The number of rotatable bonds is 3. The molecule has 0 bridgehead atoms. The first-order valence-corrected chi connectivity index (χ1v) is 9.72. The van der Waals surface area contributed by atoms with Crippen LogP contribution in [0.2, 0.25) is 0 Å². The lowest BCUT2D eigenvalue weighted by Crippen LogP contribution is -2.47. The van der Waals surface area contributed by atoms with Crippen LogP contribution in [-0.2, 0) is 6.18 Å². The third-order valence-electron chi connectivity index (χ3n) is 5.17. The van der Waals surface area contributed by atoms with E-state index in [-0.39, 0.29) is 22.5 Å². The highest BCUT2D eigenvalue weighted by Gasteiger charge is 2.36. The van der Waals surface area contributed by atoms with Crippen LogP contribution >= 0.6 is 0 Å². The summed E-state index contributed by atoms with van der Waals surface area (Å²) in [5.41, 5.74) is -1.63. The zero-order chi connectivity index (χ0) is 24.0. The molecule has 0 unspecified atom stereocenters. The molecule has 1 aliphatic heterocycles. The van der Waals surface area contributed by atoms with Gasteiger partial charge in [0.05, 0.1) is 11.9 Å². The smallest absolute Gasteiger partial charge is 0.406 e. The molecule has 0 spiro atoms. The number of carbonyl (C=O) groups is 1. The number of hydrogen-bond donors (Lipinski definition) is 0. The van der Waals surface area contributed by atoms with Crippen LogP contribution in [0.1, 0.15) is 16.1 Å². The number of nitrogens with zero attached hydrogens (tertiary/aromatic N) is 5. The predicted molar refractivity (Wildman–Crippen MR) is 104 cm³/mol. The zero-order valence-electron chi connectivity index (χ0n) is 17.1. The Balaban J connectivity index is 1.76. The van der Waals surface area contributed by atoms with Crippen molar-refractivity contribution >= 4 is 11.6 Å². The van der Waals surface area contributed by atoms with Gasteiger partial charge in [-0.3, -0.25) is 4.79 Å². The van der Waals surface area contributed by atoms with Gasteiger partial charge < -0.3 is 14.5 Å². The molecule has 2 aromatic heterocycles. The van der Waals surface area contributed by atoms with Gasteiger partial charge in [0.25, 0.3) is 5.91 Å². The van der Waals surface area contributed by atoms with Gasteiger partial charge >= 0.3 is 12.5 Å². The lowest BCUT2D eigenvalue weighted by molar-refractivity contribution is -0.274. The van der Waals surface area contributed by atoms with Crippen molar-refractivity contribution in [3.63, 3.8) is 0 Å². The average molecular weight is 473 g/mol. The van der Waals surface area contributed by atoms with Crippen molar-refractivity contribution in [2.75, 3.05) is 33.2 Å². The Bertz CT molecular complexity index is 1160. The molecule has 3 heterocycles. The van der Waals surface area contributed by atoms with Crippen LogP contribution in [0.5, 0.6) is 5.75 Å². The van der Waals surface area contributed by atoms with E-state index >= 15 is 0 Å². The molecule has 1 aromatic carbocycles. The number of alkyl halides is 6. The van der Waals surface area contributed by atoms with Crippen LogP contribution in [0.3, 0.4) is 0 Å². The first-order valence-electron chi connectivity index (χ1n) is 9.72. The van der Waals surface area contributed by atoms with E-state index in [1.807, 2.05) is 11.9 Å². The molecule has 13 heteroatoms. The normalized spacial score (nSPS) is 15.8. The van der Waals surface area contributed by atoms with Crippen molar-refractivity contribution in [3.05, 3.63) is 47.8 Å². The number of piperazine rings is 1. The number of carbonyl (C=O) groups excluding carboxylic acids is 1. The van der Waals surface area contributed by atoms with Gasteiger partial charge in [-0.05, 0) is 37.4 Å². The van der Waals surface area contributed by atoms with Gasteiger partial charge in [0.1, 0.15) is 11.3 Å². The van der Waals surface area contributed by atoms with Crippen molar-refractivity contribution < 1.29 is 35.9 Å². The predicted octanol–water partition coefficient (Wildman–Crippen LogP) is 3.70. The second-order valence-electron chi connectivity index (χ2n) is 7.49. The number of likely N-dealkylation sites (N-methyl/N-ethyl adjacent to an activating group) is 1. The third kappa shape index (κ3) is 4.87. The SMILES string of the molecule is CN1CCN(C(=O)c2cnn3c(C(F)(F)F)cc(-c4ccc(OC(F)(F)F)cc4)nc23)CC1. The summed E-state index contributed by atoms with van der Waals surface area (Å²) >= 11 is 0. The maximum absolute atomic E-state index is 13.7. The number of fused-ring (bicyclic) bond motifs is 1. The Morgan fingerprint density at radius 2 is 1.64 bits per heavy atom. The molecule has 3 aromatic rings. The van der Waals surface area contributed by atoms with E-state index in [1.165, 1.54) is 4.90 Å². The molecular weight excluding hydrogens is 456 g/mol. The minimum atomic E-state index is -4.90. The van der Waals surface area contributed by atoms with Crippen molar-refractivity contribution in [2.45, 2.75) is 12.5 Å². The molecule has 0 radical (unpaired) electrons. The summed E-state index contributed by atoms with van der Waals surface area (Å²) in [5, 5.41) is 3.74. The van der Waals surface area contributed by atoms with Gasteiger partial charge in [-0.1, -0.05) is 0 Å². The van der Waals surface area contributed by atoms with Gasteiger partial charge in [-0.15, -0.1) is 13.2 Å². The zero-order valence-corrected chi connectivity index (χ0v) is 17.1. The number of aromatic nitrogens is 3. The number of halogens is 6. The fourth-order valence-electron chi connectivity index (χ4n) is 3.47. The van der Waals surface area contributed by atoms with Gasteiger partial charge in [-0.2, -0.15) is 18.3 Å². The van der Waals surface area contributed by atoms with Crippen LogP contribution < -0.4 is 4.74 Å². The van der Waals surface area contributed by atoms with Crippen molar-refractivity contribution in [1.29, 1.82) is 0 Å². The Labute approximate surface area is 183 Å².